The van der Waals surface area contributed by atoms with Gasteiger partial charge in [-0.3, -0.25) is 4.79 Å². The molecule has 0 radical (unpaired) electrons. The van der Waals surface area contributed by atoms with Gasteiger partial charge < -0.3 is 4.98 Å². The lowest BCUT2D eigenvalue weighted by Gasteiger charge is -2.06. The Morgan fingerprint density at radius 3 is 2.60 bits per heavy atom. The summed E-state index contributed by atoms with van der Waals surface area (Å²) in [4.78, 5) is 19.7. The normalized spacial score (nSPS) is 10.7. The van der Waals surface area contributed by atoms with Crippen molar-refractivity contribution in [1.82, 2.24) is 9.97 Å². The highest BCUT2D eigenvalue weighted by Gasteiger charge is 2.13. The Labute approximate surface area is 133 Å². The molecule has 0 aliphatic rings. The quantitative estimate of drug-likeness (QED) is 0.666. The number of halogens is 1. The second kappa shape index (κ2) is 5.49. The minimum absolute atomic E-state index is 0.0972. The second-order valence-corrected chi connectivity index (χ2v) is 6.23. The molecule has 0 unspecified atom stereocenters. The van der Waals surface area contributed by atoms with Crippen LogP contribution >= 0.6 is 33.9 Å². The molecule has 0 saturated carbocycles. The summed E-state index contributed by atoms with van der Waals surface area (Å²) in [5.74, 6) is 0.632. The molecule has 0 saturated heterocycles. The van der Waals surface area contributed by atoms with Crippen molar-refractivity contribution in [1.29, 1.82) is 0 Å². The Morgan fingerprint density at radius 1 is 1.20 bits per heavy atom. The molecule has 0 aliphatic heterocycles. The predicted molar refractivity (Wildman–Crippen MR) is 91.1 cm³/mol. The molecule has 3 rings (SSSR count). The third-order valence-electron chi connectivity index (χ3n) is 3.02. The number of aromatic amines is 1. The third-order valence-corrected chi connectivity index (χ3v) is 4.88. The number of aryl methyl sites for hydroxylation is 1. The zero-order valence-electron chi connectivity index (χ0n) is 10.7. The minimum atomic E-state index is -0.0972. The van der Waals surface area contributed by atoms with E-state index < -0.39 is 0 Å². The Morgan fingerprint density at radius 2 is 1.95 bits per heavy atom. The number of hydrogen-bond acceptors (Lipinski definition) is 3. The Hall–Kier alpha value is -1.47. The van der Waals surface area contributed by atoms with Crippen molar-refractivity contribution in [2.75, 3.05) is 0 Å². The molecule has 5 heteroatoms. The Bertz CT molecular complexity index is 808. The first-order valence-electron chi connectivity index (χ1n) is 6.05. The van der Waals surface area contributed by atoms with Crippen molar-refractivity contribution in [2.24, 2.45) is 0 Å². The van der Waals surface area contributed by atoms with Crippen LogP contribution in [0.2, 0.25) is 0 Å². The van der Waals surface area contributed by atoms with E-state index in [4.69, 9.17) is 0 Å². The maximum absolute atomic E-state index is 12.1. The number of hydrogen-bond donors (Lipinski definition) is 1. The molecular weight excluding hydrogens is 383 g/mol. The number of rotatable bonds is 2. The molecule has 100 valence electrons. The first-order valence-corrected chi connectivity index (χ1v) is 8.07. The van der Waals surface area contributed by atoms with E-state index in [2.05, 4.69) is 15.3 Å². The molecule has 0 bridgehead atoms. The van der Waals surface area contributed by atoms with Gasteiger partial charge in [0, 0.05) is 16.5 Å². The Kier molecular flexibility index (Phi) is 3.71. The molecule has 3 nitrogen and oxygen atoms in total. The van der Waals surface area contributed by atoms with Crippen molar-refractivity contribution in [3.8, 4) is 22.6 Å². The highest BCUT2D eigenvalue weighted by Crippen LogP contribution is 2.26. The summed E-state index contributed by atoms with van der Waals surface area (Å²) in [7, 11) is 0. The van der Waals surface area contributed by atoms with E-state index in [1.165, 1.54) is 0 Å². The molecule has 0 atom stereocenters. The van der Waals surface area contributed by atoms with Crippen LogP contribution < -0.4 is 5.56 Å². The van der Waals surface area contributed by atoms with Crippen LogP contribution in [-0.2, 0) is 0 Å². The summed E-state index contributed by atoms with van der Waals surface area (Å²) in [6, 6.07) is 9.78. The predicted octanol–water partition coefficient (Wildman–Crippen LogP) is 4.08. The second-order valence-electron chi connectivity index (χ2n) is 4.41. The zero-order valence-corrected chi connectivity index (χ0v) is 13.7. The number of aromatic nitrogens is 2. The topological polar surface area (TPSA) is 45.8 Å². The van der Waals surface area contributed by atoms with E-state index in [1.807, 2.05) is 65.2 Å². The van der Waals surface area contributed by atoms with Crippen LogP contribution in [0, 0.1) is 10.5 Å². The minimum Gasteiger partial charge on any atom is -0.306 e. The van der Waals surface area contributed by atoms with E-state index in [0.717, 1.165) is 22.4 Å². The summed E-state index contributed by atoms with van der Waals surface area (Å²) in [5, 5.41) is 4.06. The van der Waals surface area contributed by atoms with Gasteiger partial charge in [-0.25, -0.2) is 4.98 Å². The van der Waals surface area contributed by atoms with Crippen LogP contribution in [0.5, 0.6) is 0 Å². The van der Waals surface area contributed by atoms with Gasteiger partial charge in [-0.15, -0.1) is 0 Å². The van der Waals surface area contributed by atoms with Crippen LogP contribution in [0.3, 0.4) is 0 Å². The summed E-state index contributed by atoms with van der Waals surface area (Å²) >= 11 is 3.66. The van der Waals surface area contributed by atoms with Gasteiger partial charge in [-0.2, -0.15) is 11.3 Å². The van der Waals surface area contributed by atoms with E-state index in [1.54, 1.807) is 11.3 Å². The first-order chi connectivity index (χ1) is 9.66. The first kappa shape index (κ1) is 13.5. The molecule has 3 aromatic rings. The lowest BCUT2D eigenvalue weighted by Crippen LogP contribution is -2.14. The summed E-state index contributed by atoms with van der Waals surface area (Å²) in [6.07, 6.45) is 0. The lowest BCUT2D eigenvalue weighted by atomic mass is 10.1. The van der Waals surface area contributed by atoms with Crippen molar-refractivity contribution in [3.05, 3.63) is 60.6 Å². The number of nitrogens with one attached hydrogen (secondary N) is 1. The number of H-pyrrole nitrogens is 1. The maximum atomic E-state index is 12.1. The zero-order chi connectivity index (χ0) is 14.1. The van der Waals surface area contributed by atoms with Gasteiger partial charge in [-0.1, -0.05) is 30.3 Å². The van der Waals surface area contributed by atoms with Gasteiger partial charge in [0.2, 0.25) is 0 Å². The molecule has 20 heavy (non-hydrogen) atoms. The lowest BCUT2D eigenvalue weighted by molar-refractivity contribution is 1.11. The van der Waals surface area contributed by atoms with E-state index in [0.29, 0.717) is 9.39 Å². The standard InChI is InChI=1S/C15H11IN2OS/c1-9-7-20-8-11(9)14-17-13(12(16)15(19)18-14)10-5-3-2-4-6-10/h2-8H,1H3,(H,17,18,19). The average molecular weight is 394 g/mol. The highest BCUT2D eigenvalue weighted by molar-refractivity contribution is 14.1. The van der Waals surface area contributed by atoms with Crippen molar-refractivity contribution < 1.29 is 0 Å². The van der Waals surface area contributed by atoms with Gasteiger partial charge in [0.15, 0.2) is 0 Å². The van der Waals surface area contributed by atoms with E-state index in [9.17, 15) is 4.79 Å². The SMILES string of the molecule is Cc1cscc1-c1nc(-c2ccccc2)c(I)c(=O)[nH]1. The fraction of sp³-hybridized carbons (Fsp3) is 0.0667. The van der Waals surface area contributed by atoms with Gasteiger partial charge in [0.05, 0.1) is 5.69 Å². The maximum Gasteiger partial charge on any atom is 0.265 e. The molecule has 2 aromatic heterocycles. The molecule has 0 spiro atoms. The smallest absolute Gasteiger partial charge is 0.265 e. The van der Waals surface area contributed by atoms with Crippen LogP contribution in [0.4, 0.5) is 0 Å². The fourth-order valence-electron chi connectivity index (χ4n) is 1.98. The largest absolute Gasteiger partial charge is 0.306 e. The van der Waals surface area contributed by atoms with Crippen molar-refractivity contribution >= 4 is 33.9 Å². The van der Waals surface area contributed by atoms with Crippen molar-refractivity contribution in [2.45, 2.75) is 6.92 Å². The molecule has 2 heterocycles. The molecule has 1 aromatic carbocycles. The van der Waals surface area contributed by atoms with Gasteiger partial charge in [0.25, 0.3) is 5.56 Å². The molecular formula is C15H11IN2OS. The summed E-state index contributed by atoms with van der Waals surface area (Å²) in [6.45, 7) is 2.02. The van der Waals surface area contributed by atoms with Crippen molar-refractivity contribution in [3.63, 3.8) is 0 Å². The van der Waals surface area contributed by atoms with Gasteiger partial charge in [0.1, 0.15) is 9.39 Å². The van der Waals surface area contributed by atoms with E-state index >= 15 is 0 Å². The van der Waals surface area contributed by atoms with E-state index in [-0.39, 0.29) is 5.56 Å². The van der Waals surface area contributed by atoms with Crippen LogP contribution in [-0.4, -0.2) is 9.97 Å². The molecule has 1 N–H and O–H groups in total. The Balaban J connectivity index is 2.24. The van der Waals surface area contributed by atoms with Crippen LogP contribution in [0.25, 0.3) is 22.6 Å². The monoisotopic (exact) mass is 394 g/mol. The van der Waals surface area contributed by atoms with Gasteiger partial charge in [-0.05, 0) is 40.5 Å². The molecule has 0 fully saturated rings. The van der Waals surface area contributed by atoms with Crippen LogP contribution in [0.1, 0.15) is 5.56 Å². The number of thiophene rings is 1. The average Bonchev–Trinajstić information content (AvgIpc) is 2.89. The van der Waals surface area contributed by atoms with Gasteiger partial charge >= 0.3 is 0 Å². The number of nitrogens with zero attached hydrogens (tertiary/aromatic N) is 1. The number of benzene rings is 1. The summed E-state index contributed by atoms with van der Waals surface area (Å²) in [5.41, 5.74) is 3.70. The highest BCUT2D eigenvalue weighted by atomic mass is 127. The fourth-order valence-corrected chi connectivity index (χ4v) is 3.38. The third kappa shape index (κ3) is 2.43. The van der Waals surface area contributed by atoms with Crippen LogP contribution in [0.15, 0.2) is 45.9 Å². The summed E-state index contributed by atoms with van der Waals surface area (Å²) < 4.78 is 0.616. The molecule has 0 amide bonds. The molecule has 0 aliphatic carbocycles.